The third-order valence-electron chi connectivity index (χ3n) is 5.10. The maximum absolute atomic E-state index is 12.6. The lowest BCUT2D eigenvalue weighted by molar-refractivity contribution is 0.477. The summed E-state index contributed by atoms with van der Waals surface area (Å²) in [4.78, 5) is 17.4. The van der Waals surface area contributed by atoms with Gasteiger partial charge in [-0.2, -0.15) is 19.3 Å². The molecule has 0 aliphatic carbocycles. The Morgan fingerprint density at radius 1 is 1.09 bits per heavy atom. The van der Waals surface area contributed by atoms with Crippen molar-refractivity contribution < 1.29 is 8.42 Å². The van der Waals surface area contributed by atoms with E-state index in [1.807, 2.05) is 24.3 Å². The van der Waals surface area contributed by atoms with Crippen LogP contribution in [0.1, 0.15) is 31.2 Å². The van der Waals surface area contributed by atoms with E-state index in [9.17, 15) is 8.42 Å². The van der Waals surface area contributed by atoms with E-state index >= 15 is 0 Å². The highest BCUT2D eigenvalue weighted by Crippen LogP contribution is 2.25. The molecule has 9 nitrogen and oxygen atoms in total. The average molecular weight is 472 g/mol. The minimum atomic E-state index is -3.47. The van der Waals surface area contributed by atoms with Crippen LogP contribution in [0.3, 0.4) is 0 Å². The first kappa shape index (κ1) is 22.4. The maximum atomic E-state index is 12.6. The standard InChI is InChI=1S/C21H25N7O2S2/c1-2-15-7-3-4-8-17(15)24-21-26-18(25-20(22)27-21)14-31-19-10-9-16(13-23-19)32(29,30)28-11-5-6-12-28/h3-4,7-10,13H,2,5-6,11-12,14H2,1H3,(H3,22,24,25,26,27). The largest absolute Gasteiger partial charge is 0.368 e. The molecule has 3 heterocycles. The number of benzene rings is 1. The smallest absolute Gasteiger partial charge is 0.244 e. The van der Waals surface area contributed by atoms with Crippen molar-refractivity contribution in [2.75, 3.05) is 24.1 Å². The number of anilines is 3. The van der Waals surface area contributed by atoms with E-state index < -0.39 is 10.0 Å². The number of rotatable bonds is 8. The first-order valence-electron chi connectivity index (χ1n) is 10.4. The number of aryl methyl sites for hydroxylation is 1. The highest BCUT2D eigenvalue weighted by molar-refractivity contribution is 7.98. The fraction of sp³-hybridized carbons (Fsp3) is 0.333. The van der Waals surface area contributed by atoms with Crippen molar-refractivity contribution >= 4 is 39.4 Å². The van der Waals surface area contributed by atoms with Crippen molar-refractivity contribution in [3.63, 3.8) is 0 Å². The van der Waals surface area contributed by atoms with Crippen LogP contribution in [-0.4, -0.2) is 45.7 Å². The predicted molar refractivity (Wildman–Crippen MR) is 125 cm³/mol. The lowest BCUT2D eigenvalue weighted by Crippen LogP contribution is -2.27. The molecule has 0 saturated carbocycles. The molecule has 2 aromatic heterocycles. The second-order valence-corrected chi connectivity index (χ2v) is 10.2. The molecule has 3 aromatic rings. The molecule has 11 heteroatoms. The minimum absolute atomic E-state index is 0.132. The van der Waals surface area contributed by atoms with Gasteiger partial charge in [-0.25, -0.2) is 13.4 Å². The molecule has 32 heavy (non-hydrogen) atoms. The van der Waals surface area contributed by atoms with Crippen LogP contribution in [0.5, 0.6) is 0 Å². The molecule has 4 rings (SSSR count). The fourth-order valence-corrected chi connectivity index (χ4v) is 5.61. The quantitative estimate of drug-likeness (QED) is 0.476. The summed E-state index contributed by atoms with van der Waals surface area (Å²) in [5.74, 6) is 1.44. The van der Waals surface area contributed by atoms with Gasteiger partial charge in [0.1, 0.15) is 10.7 Å². The molecule has 0 bridgehead atoms. The Morgan fingerprint density at radius 2 is 1.88 bits per heavy atom. The number of pyridine rings is 1. The van der Waals surface area contributed by atoms with Gasteiger partial charge in [0, 0.05) is 25.0 Å². The Labute approximate surface area is 192 Å². The molecule has 1 aliphatic rings. The molecule has 168 valence electrons. The zero-order valence-corrected chi connectivity index (χ0v) is 19.4. The van der Waals surface area contributed by atoms with E-state index in [0.29, 0.717) is 35.6 Å². The molecule has 1 aromatic carbocycles. The number of nitrogens with zero attached hydrogens (tertiary/aromatic N) is 5. The van der Waals surface area contributed by atoms with Gasteiger partial charge in [-0.15, -0.1) is 0 Å². The van der Waals surface area contributed by atoms with Crippen molar-refractivity contribution in [2.45, 2.75) is 41.9 Å². The Balaban J connectivity index is 1.43. The molecule has 0 spiro atoms. The molecular weight excluding hydrogens is 446 g/mol. The monoisotopic (exact) mass is 471 g/mol. The third kappa shape index (κ3) is 5.17. The summed E-state index contributed by atoms with van der Waals surface area (Å²) in [7, 11) is -3.47. The summed E-state index contributed by atoms with van der Waals surface area (Å²) in [6.45, 7) is 3.22. The summed E-state index contributed by atoms with van der Waals surface area (Å²) >= 11 is 1.40. The third-order valence-corrected chi connectivity index (χ3v) is 7.93. The number of nitrogen functional groups attached to an aromatic ring is 1. The van der Waals surface area contributed by atoms with Gasteiger partial charge in [-0.05, 0) is 43.0 Å². The van der Waals surface area contributed by atoms with E-state index in [4.69, 9.17) is 5.73 Å². The first-order chi connectivity index (χ1) is 15.5. The predicted octanol–water partition coefficient (Wildman–Crippen LogP) is 3.23. The van der Waals surface area contributed by atoms with Gasteiger partial charge in [0.05, 0.1) is 10.8 Å². The van der Waals surface area contributed by atoms with Gasteiger partial charge in [0.2, 0.25) is 21.9 Å². The van der Waals surface area contributed by atoms with Crippen molar-refractivity contribution in [3.05, 3.63) is 54.0 Å². The summed E-state index contributed by atoms with van der Waals surface area (Å²) in [5.41, 5.74) is 7.96. The van der Waals surface area contributed by atoms with Crippen molar-refractivity contribution in [2.24, 2.45) is 0 Å². The van der Waals surface area contributed by atoms with Crippen LogP contribution in [0.15, 0.2) is 52.5 Å². The minimum Gasteiger partial charge on any atom is -0.368 e. The summed E-state index contributed by atoms with van der Waals surface area (Å²) < 4.78 is 26.8. The summed E-state index contributed by atoms with van der Waals surface area (Å²) in [6.07, 6.45) is 4.08. The van der Waals surface area contributed by atoms with E-state index in [1.165, 1.54) is 22.3 Å². The van der Waals surface area contributed by atoms with Gasteiger partial charge in [-0.1, -0.05) is 36.9 Å². The zero-order chi connectivity index (χ0) is 22.6. The second kappa shape index (κ2) is 9.80. The summed E-state index contributed by atoms with van der Waals surface area (Å²) in [6, 6.07) is 11.2. The number of sulfonamides is 1. The Kier molecular flexibility index (Phi) is 6.87. The molecule has 1 aliphatic heterocycles. The van der Waals surface area contributed by atoms with Crippen LogP contribution >= 0.6 is 11.8 Å². The Hall–Kier alpha value is -2.76. The van der Waals surface area contributed by atoms with Crippen LogP contribution < -0.4 is 11.1 Å². The van der Waals surface area contributed by atoms with Gasteiger partial charge < -0.3 is 11.1 Å². The number of hydrogen-bond acceptors (Lipinski definition) is 9. The molecule has 3 N–H and O–H groups in total. The van der Waals surface area contributed by atoms with E-state index in [0.717, 1.165) is 30.5 Å². The lowest BCUT2D eigenvalue weighted by atomic mass is 10.1. The van der Waals surface area contributed by atoms with E-state index in [-0.39, 0.29) is 10.8 Å². The summed E-state index contributed by atoms with van der Waals surface area (Å²) in [5, 5.41) is 3.89. The fourth-order valence-electron chi connectivity index (χ4n) is 3.45. The Morgan fingerprint density at radius 3 is 2.59 bits per heavy atom. The molecule has 1 fully saturated rings. The zero-order valence-electron chi connectivity index (χ0n) is 17.7. The molecule has 1 saturated heterocycles. The first-order valence-corrected chi connectivity index (χ1v) is 12.8. The number of para-hydroxylation sites is 1. The average Bonchev–Trinajstić information content (AvgIpc) is 3.34. The van der Waals surface area contributed by atoms with Crippen molar-refractivity contribution in [1.82, 2.24) is 24.2 Å². The van der Waals surface area contributed by atoms with Crippen molar-refractivity contribution in [3.8, 4) is 0 Å². The topological polar surface area (TPSA) is 127 Å². The number of nitrogens with one attached hydrogen (secondary N) is 1. The lowest BCUT2D eigenvalue weighted by Gasteiger charge is -2.15. The van der Waals surface area contributed by atoms with Crippen molar-refractivity contribution in [1.29, 1.82) is 0 Å². The van der Waals surface area contributed by atoms with Crippen LogP contribution in [-0.2, 0) is 22.2 Å². The number of thioether (sulfide) groups is 1. The van der Waals surface area contributed by atoms with Gasteiger partial charge >= 0.3 is 0 Å². The van der Waals surface area contributed by atoms with Crippen LogP contribution in [0.25, 0.3) is 0 Å². The number of nitrogens with two attached hydrogens (primary N) is 1. The highest BCUT2D eigenvalue weighted by atomic mass is 32.2. The van der Waals surface area contributed by atoms with Gasteiger partial charge in [-0.3, -0.25) is 0 Å². The second-order valence-electron chi connectivity index (χ2n) is 7.30. The van der Waals surface area contributed by atoms with Crippen LogP contribution in [0.2, 0.25) is 0 Å². The van der Waals surface area contributed by atoms with E-state index in [2.05, 4.69) is 32.2 Å². The molecular formula is C21H25N7O2S2. The van der Waals surface area contributed by atoms with Crippen LogP contribution in [0, 0.1) is 0 Å². The number of hydrogen-bond donors (Lipinski definition) is 2. The highest BCUT2D eigenvalue weighted by Gasteiger charge is 2.27. The van der Waals surface area contributed by atoms with E-state index in [1.54, 1.807) is 12.1 Å². The molecule has 0 amide bonds. The Bertz CT molecular complexity index is 1180. The molecule has 0 atom stereocenters. The molecule has 0 unspecified atom stereocenters. The van der Waals surface area contributed by atoms with Crippen LogP contribution in [0.4, 0.5) is 17.6 Å². The normalized spacial score (nSPS) is 14.5. The van der Waals surface area contributed by atoms with Gasteiger partial charge in [0.15, 0.2) is 0 Å². The SMILES string of the molecule is CCc1ccccc1Nc1nc(N)nc(CSc2ccc(S(=O)(=O)N3CCCC3)cn2)n1. The molecule has 0 radical (unpaired) electrons. The van der Waals surface area contributed by atoms with Gasteiger partial charge in [0.25, 0.3) is 0 Å². The maximum Gasteiger partial charge on any atom is 0.244 e. The number of aromatic nitrogens is 4.